The molecule has 2 N–H and O–H groups in total. The third kappa shape index (κ3) is 2.78. The molecule has 0 saturated heterocycles. The highest BCUT2D eigenvalue weighted by Crippen LogP contribution is 2.44. The van der Waals surface area contributed by atoms with Gasteiger partial charge in [0.25, 0.3) is 5.56 Å². The van der Waals surface area contributed by atoms with Gasteiger partial charge in [0, 0.05) is 23.1 Å². The molecule has 1 saturated carbocycles. The molecule has 1 aliphatic carbocycles. The van der Waals surface area contributed by atoms with Crippen LogP contribution in [0.1, 0.15) is 32.4 Å². The molecule has 1 aromatic rings. The van der Waals surface area contributed by atoms with E-state index in [9.17, 15) is 4.79 Å². The van der Waals surface area contributed by atoms with E-state index in [-0.39, 0.29) is 5.56 Å². The predicted octanol–water partition coefficient (Wildman–Crippen LogP) is 1.95. The lowest BCUT2D eigenvalue weighted by Gasteiger charge is -2.29. The summed E-state index contributed by atoms with van der Waals surface area (Å²) < 4.78 is 0. The minimum absolute atomic E-state index is 0.0664. The maximum atomic E-state index is 11.4. The smallest absolute Gasteiger partial charge is 0.251 e. The number of rotatable bonds is 3. The molecule has 0 amide bonds. The number of thioether (sulfide) groups is 1. The Bertz CT molecular complexity index is 483. The summed E-state index contributed by atoms with van der Waals surface area (Å²) in [6.45, 7) is 6.44. The second-order valence-electron chi connectivity index (χ2n) is 5.64. The standard InChI is InChI=1S/C13H21N3OS/c1-8-7-10(17)16-12(15-8)18-9-5-6-13(2,3)11(9)14-4/h7,9,11,14H,5-6H2,1-4H3,(H,15,16,17). The number of nitrogens with one attached hydrogen (secondary N) is 2. The summed E-state index contributed by atoms with van der Waals surface area (Å²) in [5, 5.41) is 4.62. The van der Waals surface area contributed by atoms with Crippen molar-refractivity contribution in [1.82, 2.24) is 15.3 Å². The van der Waals surface area contributed by atoms with Gasteiger partial charge in [-0.3, -0.25) is 4.79 Å². The van der Waals surface area contributed by atoms with E-state index in [1.54, 1.807) is 11.8 Å². The van der Waals surface area contributed by atoms with Crippen LogP contribution in [0.5, 0.6) is 0 Å². The van der Waals surface area contributed by atoms with E-state index in [1.807, 2.05) is 14.0 Å². The van der Waals surface area contributed by atoms with Crippen molar-refractivity contribution in [2.75, 3.05) is 7.05 Å². The molecule has 1 heterocycles. The maximum Gasteiger partial charge on any atom is 0.251 e. The number of aryl methyl sites for hydroxylation is 1. The van der Waals surface area contributed by atoms with Gasteiger partial charge in [0.05, 0.1) is 0 Å². The van der Waals surface area contributed by atoms with Gasteiger partial charge in [-0.2, -0.15) is 0 Å². The lowest BCUT2D eigenvalue weighted by atomic mass is 9.87. The molecule has 1 fully saturated rings. The van der Waals surface area contributed by atoms with Crippen LogP contribution in [-0.4, -0.2) is 28.3 Å². The van der Waals surface area contributed by atoms with Gasteiger partial charge in [-0.15, -0.1) is 0 Å². The first-order chi connectivity index (χ1) is 8.42. The first-order valence-electron chi connectivity index (χ1n) is 6.34. The molecule has 1 aliphatic rings. The molecule has 2 unspecified atom stereocenters. The lowest BCUT2D eigenvalue weighted by molar-refractivity contribution is 0.300. The largest absolute Gasteiger partial charge is 0.315 e. The van der Waals surface area contributed by atoms with Crippen LogP contribution >= 0.6 is 11.8 Å². The average Bonchev–Trinajstić information content (AvgIpc) is 2.52. The molecular weight excluding hydrogens is 246 g/mol. The molecule has 18 heavy (non-hydrogen) atoms. The van der Waals surface area contributed by atoms with Crippen molar-refractivity contribution >= 4 is 11.8 Å². The van der Waals surface area contributed by atoms with Crippen LogP contribution < -0.4 is 10.9 Å². The zero-order valence-electron chi connectivity index (χ0n) is 11.4. The molecule has 100 valence electrons. The van der Waals surface area contributed by atoms with Crippen molar-refractivity contribution in [3.63, 3.8) is 0 Å². The second-order valence-corrected chi connectivity index (χ2v) is 6.87. The van der Waals surface area contributed by atoms with Crippen molar-refractivity contribution in [3.05, 3.63) is 22.1 Å². The van der Waals surface area contributed by atoms with Gasteiger partial charge in [-0.05, 0) is 32.2 Å². The van der Waals surface area contributed by atoms with Crippen LogP contribution in [-0.2, 0) is 0 Å². The molecule has 0 spiro atoms. The zero-order chi connectivity index (χ0) is 13.3. The molecular formula is C13H21N3OS. The summed E-state index contributed by atoms with van der Waals surface area (Å²) in [4.78, 5) is 18.6. The highest BCUT2D eigenvalue weighted by Gasteiger charge is 2.41. The van der Waals surface area contributed by atoms with Gasteiger partial charge in [0.15, 0.2) is 5.16 Å². The van der Waals surface area contributed by atoms with Crippen LogP contribution in [0.15, 0.2) is 16.0 Å². The Labute approximate surface area is 112 Å². The molecule has 0 aromatic carbocycles. The minimum atomic E-state index is -0.0664. The number of aromatic nitrogens is 2. The van der Waals surface area contributed by atoms with Crippen LogP contribution in [0.25, 0.3) is 0 Å². The number of hydrogen-bond donors (Lipinski definition) is 2. The first-order valence-corrected chi connectivity index (χ1v) is 7.22. The van der Waals surface area contributed by atoms with Crippen molar-refractivity contribution in [3.8, 4) is 0 Å². The quantitative estimate of drug-likeness (QED) is 0.822. The van der Waals surface area contributed by atoms with E-state index in [0.29, 0.717) is 16.7 Å². The number of aromatic amines is 1. The van der Waals surface area contributed by atoms with Crippen molar-refractivity contribution in [2.45, 2.75) is 50.1 Å². The Morgan fingerprint density at radius 2 is 2.28 bits per heavy atom. The number of nitrogens with zero attached hydrogens (tertiary/aromatic N) is 1. The molecule has 4 nitrogen and oxygen atoms in total. The zero-order valence-corrected chi connectivity index (χ0v) is 12.2. The van der Waals surface area contributed by atoms with Crippen molar-refractivity contribution in [1.29, 1.82) is 0 Å². The van der Waals surface area contributed by atoms with Gasteiger partial charge in [0.1, 0.15) is 0 Å². The third-order valence-electron chi connectivity index (χ3n) is 3.71. The summed E-state index contributed by atoms with van der Waals surface area (Å²) >= 11 is 1.69. The summed E-state index contributed by atoms with van der Waals surface area (Å²) in [7, 11) is 2.01. The Morgan fingerprint density at radius 3 is 2.89 bits per heavy atom. The van der Waals surface area contributed by atoms with Crippen molar-refractivity contribution < 1.29 is 0 Å². The van der Waals surface area contributed by atoms with E-state index in [1.165, 1.54) is 12.5 Å². The normalized spacial score (nSPS) is 26.4. The fraction of sp³-hybridized carbons (Fsp3) is 0.692. The van der Waals surface area contributed by atoms with E-state index in [4.69, 9.17) is 0 Å². The van der Waals surface area contributed by atoms with Crippen molar-refractivity contribution in [2.24, 2.45) is 5.41 Å². The lowest BCUT2D eigenvalue weighted by Crippen LogP contribution is -2.41. The second kappa shape index (κ2) is 5.05. The summed E-state index contributed by atoms with van der Waals surface area (Å²) in [5.74, 6) is 0. The summed E-state index contributed by atoms with van der Waals surface area (Å²) in [6.07, 6.45) is 2.35. The van der Waals surface area contributed by atoms with Gasteiger partial charge in [-0.1, -0.05) is 25.6 Å². The molecule has 2 rings (SSSR count). The van der Waals surface area contributed by atoms with E-state index < -0.39 is 0 Å². The monoisotopic (exact) mass is 267 g/mol. The van der Waals surface area contributed by atoms with Gasteiger partial charge < -0.3 is 10.3 Å². The fourth-order valence-corrected chi connectivity index (χ4v) is 4.31. The maximum absolute atomic E-state index is 11.4. The summed E-state index contributed by atoms with van der Waals surface area (Å²) in [5.41, 5.74) is 1.01. The van der Waals surface area contributed by atoms with Gasteiger partial charge in [-0.25, -0.2) is 4.98 Å². The van der Waals surface area contributed by atoms with Crippen LogP contribution in [0, 0.1) is 12.3 Å². The Morgan fingerprint density at radius 1 is 1.56 bits per heavy atom. The molecule has 0 aliphatic heterocycles. The van der Waals surface area contributed by atoms with E-state index in [2.05, 4.69) is 29.1 Å². The van der Waals surface area contributed by atoms with E-state index >= 15 is 0 Å². The highest BCUT2D eigenvalue weighted by atomic mass is 32.2. The van der Waals surface area contributed by atoms with Crippen LogP contribution in [0.2, 0.25) is 0 Å². The minimum Gasteiger partial charge on any atom is -0.315 e. The number of H-pyrrole nitrogens is 1. The van der Waals surface area contributed by atoms with E-state index in [0.717, 1.165) is 17.3 Å². The topological polar surface area (TPSA) is 57.8 Å². The fourth-order valence-electron chi connectivity index (χ4n) is 2.79. The molecule has 0 radical (unpaired) electrons. The van der Waals surface area contributed by atoms with Gasteiger partial charge in [0.2, 0.25) is 0 Å². The molecule has 5 heteroatoms. The SMILES string of the molecule is CNC1C(Sc2nc(C)cc(=O)[nH]2)CCC1(C)C. The Kier molecular flexibility index (Phi) is 3.82. The Balaban J connectivity index is 2.17. The highest BCUT2D eigenvalue weighted by molar-refractivity contribution is 7.99. The van der Waals surface area contributed by atoms with Gasteiger partial charge >= 0.3 is 0 Å². The summed E-state index contributed by atoms with van der Waals surface area (Å²) in [6, 6.07) is 1.98. The molecule has 1 aromatic heterocycles. The molecule has 2 atom stereocenters. The molecule has 0 bridgehead atoms. The van der Waals surface area contributed by atoms with Crippen LogP contribution in [0.4, 0.5) is 0 Å². The predicted molar refractivity (Wildman–Crippen MR) is 75.1 cm³/mol. The average molecular weight is 267 g/mol. The van der Waals surface area contributed by atoms with Crippen LogP contribution in [0.3, 0.4) is 0 Å². The first kappa shape index (κ1) is 13.6. The third-order valence-corrected chi connectivity index (χ3v) is 4.94. The number of hydrogen-bond acceptors (Lipinski definition) is 4. The Hall–Kier alpha value is -0.810.